The summed E-state index contributed by atoms with van der Waals surface area (Å²) in [7, 11) is 0.786. The zero-order valence-corrected chi connectivity index (χ0v) is 18.6. The van der Waals surface area contributed by atoms with E-state index in [4.69, 9.17) is 16.3 Å². The first-order chi connectivity index (χ1) is 15.3. The summed E-state index contributed by atoms with van der Waals surface area (Å²) in [5, 5.41) is 1.10. The lowest BCUT2D eigenvalue weighted by Gasteiger charge is -2.16. The van der Waals surface area contributed by atoms with E-state index in [1.165, 1.54) is 6.92 Å². The maximum absolute atomic E-state index is 14.6. The molecule has 178 valence electrons. The van der Waals surface area contributed by atoms with Gasteiger partial charge in [0, 0.05) is 18.0 Å². The number of benzene rings is 1. The van der Waals surface area contributed by atoms with Crippen LogP contribution in [-0.2, 0) is 27.5 Å². The van der Waals surface area contributed by atoms with Crippen LogP contribution in [0.4, 0.5) is 17.6 Å². The molecule has 0 aliphatic heterocycles. The second-order valence-electron chi connectivity index (χ2n) is 6.39. The monoisotopic (exact) mass is 509 g/mol. The number of halogens is 5. The fraction of sp³-hybridized carbons (Fsp3) is 0.263. The number of ether oxygens (including phenoxy) is 1. The van der Waals surface area contributed by atoms with Crippen LogP contribution in [-0.4, -0.2) is 33.0 Å². The molecule has 2 aromatic rings. The van der Waals surface area contributed by atoms with Crippen LogP contribution in [0.3, 0.4) is 0 Å². The van der Waals surface area contributed by atoms with E-state index in [9.17, 15) is 36.7 Å². The molecule has 0 saturated heterocycles. The van der Waals surface area contributed by atoms with Crippen LogP contribution < -0.4 is 16.6 Å². The van der Waals surface area contributed by atoms with Crippen molar-refractivity contribution in [3.8, 4) is 5.69 Å². The van der Waals surface area contributed by atoms with E-state index in [2.05, 4.69) is 11.9 Å². The number of amides is 1. The molecule has 14 heteroatoms. The van der Waals surface area contributed by atoms with Gasteiger partial charge in [-0.25, -0.2) is 13.8 Å². The van der Waals surface area contributed by atoms with E-state index in [1.807, 2.05) is 0 Å². The van der Waals surface area contributed by atoms with Gasteiger partial charge in [-0.3, -0.25) is 19.0 Å². The van der Waals surface area contributed by atoms with Crippen LogP contribution in [0.1, 0.15) is 12.6 Å². The fourth-order valence-electron chi connectivity index (χ4n) is 2.51. The van der Waals surface area contributed by atoms with Crippen LogP contribution in [0.2, 0.25) is 5.02 Å². The van der Waals surface area contributed by atoms with Crippen molar-refractivity contribution < 1.29 is 31.9 Å². The fourth-order valence-corrected chi connectivity index (χ4v) is 3.69. The highest BCUT2D eigenvalue weighted by molar-refractivity contribution is 8.00. The number of alkyl halides is 3. The molecule has 1 unspecified atom stereocenters. The number of hydrogen-bond acceptors (Lipinski definition) is 6. The van der Waals surface area contributed by atoms with Crippen molar-refractivity contribution in [3.05, 3.63) is 68.2 Å². The second-order valence-corrected chi connectivity index (χ2v) is 8.18. The zero-order valence-electron chi connectivity index (χ0n) is 17.0. The van der Waals surface area contributed by atoms with Gasteiger partial charge in [-0.15, -0.1) is 11.8 Å². The molecule has 0 fully saturated rings. The third-order valence-corrected chi connectivity index (χ3v) is 5.70. The van der Waals surface area contributed by atoms with Crippen molar-refractivity contribution in [3.63, 3.8) is 0 Å². The standard InChI is InChI=1S/C19H16ClF4N3O5S/c1-4-15(28)25-8-32-17(30)9(2)33-13-6-12(11(21)5-10(13)20)27-16(29)7-14(19(22,23)24)26(3)18(27)31/h4-7,9H,1,8H2,2-3H3,(H,25,28). The maximum Gasteiger partial charge on any atom is 0.431 e. The SMILES string of the molecule is C=CC(=O)NCOC(=O)C(C)Sc1cc(-n2c(=O)cc(C(F)(F)F)n(C)c2=O)c(F)cc1Cl. The highest BCUT2D eigenvalue weighted by atomic mass is 35.5. The van der Waals surface area contributed by atoms with Crippen LogP contribution in [0, 0.1) is 5.82 Å². The molecule has 1 heterocycles. The molecule has 0 radical (unpaired) electrons. The predicted molar refractivity (Wildman–Crippen MR) is 112 cm³/mol. The van der Waals surface area contributed by atoms with Crippen molar-refractivity contribution >= 4 is 35.2 Å². The average molecular weight is 510 g/mol. The van der Waals surface area contributed by atoms with E-state index >= 15 is 0 Å². The largest absolute Gasteiger partial charge is 0.444 e. The second kappa shape index (κ2) is 10.3. The van der Waals surface area contributed by atoms with Crippen LogP contribution >= 0.6 is 23.4 Å². The first-order valence-corrected chi connectivity index (χ1v) is 10.2. The summed E-state index contributed by atoms with van der Waals surface area (Å²) in [5.41, 5.74) is -5.00. The van der Waals surface area contributed by atoms with Gasteiger partial charge in [0.25, 0.3) is 5.56 Å². The van der Waals surface area contributed by atoms with Crippen LogP contribution in [0.15, 0.2) is 45.3 Å². The Kier molecular flexibility index (Phi) is 8.14. The minimum Gasteiger partial charge on any atom is -0.444 e. The van der Waals surface area contributed by atoms with E-state index in [-0.39, 0.29) is 25.1 Å². The van der Waals surface area contributed by atoms with Crippen LogP contribution in [0.25, 0.3) is 5.69 Å². The molecule has 1 atom stereocenters. The lowest BCUT2D eigenvalue weighted by molar-refractivity contribution is -0.145. The van der Waals surface area contributed by atoms with E-state index < -0.39 is 58.5 Å². The smallest absolute Gasteiger partial charge is 0.431 e. The Bertz CT molecular complexity index is 1230. The summed E-state index contributed by atoms with van der Waals surface area (Å²) in [5.74, 6) is -2.50. The Balaban J connectivity index is 2.40. The molecule has 0 spiro atoms. The van der Waals surface area contributed by atoms with Gasteiger partial charge in [-0.2, -0.15) is 13.2 Å². The number of carbonyl (C=O) groups excluding carboxylic acids is 2. The minimum atomic E-state index is -4.98. The predicted octanol–water partition coefficient (Wildman–Crippen LogP) is 2.63. The van der Waals surface area contributed by atoms with Gasteiger partial charge in [0.2, 0.25) is 5.91 Å². The Morgan fingerprint density at radius 2 is 1.94 bits per heavy atom. The number of esters is 1. The van der Waals surface area contributed by atoms with Crippen molar-refractivity contribution in [2.75, 3.05) is 6.73 Å². The van der Waals surface area contributed by atoms with Crippen molar-refractivity contribution in [2.24, 2.45) is 7.05 Å². The van der Waals surface area contributed by atoms with Crippen molar-refractivity contribution in [1.29, 1.82) is 0 Å². The third-order valence-electron chi connectivity index (χ3n) is 4.13. The van der Waals surface area contributed by atoms with Crippen molar-refractivity contribution in [1.82, 2.24) is 14.5 Å². The van der Waals surface area contributed by atoms with Gasteiger partial charge in [-0.1, -0.05) is 18.2 Å². The van der Waals surface area contributed by atoms with Gasteiger partial charge in [0.15, 0.2) is 6.73 Å². The Morgan fingerprint density at radius 3 is 2.52 bits per heavy atom. The van der Waals surface area contributed by atoms with Crippen molar-refractivity contribution in [2.45, 2.75) is 23.2 Å². The summed E-state index contributed by atoms with van der Waals surface area (Å²) in [6.07, 6.45) is -4.01. The maximum atomic E-state index is 14.6. The minimum absolute atomic E-state index is 0.0431. The Morgan fingerprint density at radius 1 is 1.30 bits per heavy atom. The number of hydrogen-bond donors (Lipinski definition) is 1. The molecule has 0 saturated carbocycles. The number of nitrogens with zero attached hydrogens (tertiary/aromatic N) is 2. The molecule has 0 aliphatic carbocycles. The number of aromatic nitrogens is 2. The molecule has 1 N–H and O–H groups in total. The van der Waals surface area contributed by atoms with Crippen LogP contribution in [0.5, 0.6) is 0 Å². The lowest BCUT2D eigenvalue weighted by atomic mass is 10.3. The topological polar surface area (TPSA) is 99.4 Å². The molecule has 1 amide bonds. The molecule has 0 bridgehead atoms. The zero-order chi connectivity index (χ0) is 25.1. The van der Waals surface area contributed by atoms with Gasteiger partial charge in [-0.05, 0) is 25.1 Å². The highest BCUT2D eigenvalue weighted by Crippen LogP contribution is 2.34. The van der Waals surface area contributed by atoms with Gasteiger partial charge >= 0.3 is 17.8 Å². The summed E-state index contributed by atoms with van der Waals surface area (Å²) >= 11 is 6.77. The Labute approximate surface area is 192 Å². The molecular weight excluding hydrogens is 494 g/mol. The molecule has 1 aromatic carbocycles. The van der Waals surface area contributed by atoms with Gasteiger partial charge in [0.05, 0.1) is 10.7 Å². The summed E-state index contributed by atoms with van der Waals surface area (Å²) in [6, 6.07) is 1.88. The highest BCUT2D eigenvalue weighted by Gasteiger charge is 2.35. The van der Waals surface area contributed by atoms with E-state index in [0.29, 0.717) is 0 Å². The molecule has 2 rings (SSSR count). The average Bonchev–Trinajstić information content (AvgIpc) is 2.72. The summed E-state index contributed by atoms with van der Waals surface area (Å²) in [6.45, 7) is 4.20. The number of rotatable bonds is 7. The molecule has 0 aliphatic rings. The lowest BCUT2D eigenvalue weighted by Crippen LogP contribution is -2.41. The number of thioether (sulfide) groups is 1. The number of nitrogens with one attached hydrogen (secondary N) is 1. The van der Waals surface area contributed by atoms with Gasteiger partial charge < -0.3 is 10.1 Å². The Hall–Kier alpha value is -3.06. The first kappa shape index (κ1) is 26.2. The molecular formula is C19H16ClF4N3O5S. The third kappa shape index (κ3) is 6.05. The first-order valence-electron chi connectivity index (χ1n) is 8.91. The van der Waals surface area contributed by atoms with E-state index in [0.717, 1.165) is 37.0 Å². The van der Waals surface area contributed by atoms with E-state index in [1.54, 1.807) is 0 Å². The number of carbonyl (C=O) groups is 2. The molecule has 1 aromatic heterocycles. The summed E-state index contributed by atoms with van der Waals surface area (Å²) < 4.78 is 58.9. The summed E-state index contributed by atoms with van der Waals surface area (Å²) in [4.78, 5) is 47.9. The van der Waals surface area contributed by atoms with Gasteiger partial charge in [0.1, 0.15) is 16.8 Å². The normalized spacial score (nSPS) is 12.2. The quantitative estimate of drug-likeness (QED) is 0.202. The molecule has 33 heavy (non-hydrogen) atoms. The molecule has 8 nitrogen and oxygen atoms in total.